The second kappa shape index (κ2) is 24.8. The summed E-state index contributed by atoms with van der Waals surface area (Å²) in [4.78, 5) is 20.9. The van der Waals surface area contributed by atoms with Gasteiger partial charge in [-0.2, -0.15) is 0 Å². The summed E-state index contributed by atoms with van der Waals surface area (Å²) in [5.74, 6) is 0.676. The van der Waals surface area contributed by atoms with Crippen molar-refractivity contribution >= 4 is 55.9 Å². The molecule has 3 aromatic heterocycles. The van der Waals surface area contributed by atoms with E-state index in [-0.39, 0.29) is 0 Å². The summed E-state index contributed by atoms with van der Waals surface area (Å²) in [5, 5.41) is 2.26. The highest BCUT2D eigenvalue weighted by molar-refractivity contribution is 6.12. The molecule has 16 rings (SSSR count). The fraction of sp³-hybridized carbons (Fsp3) is 0. The molecule has 16 aromatic rings. The molecule has 6 nitrogen and oxygen atoms in total. The van der Waals surface area contributed by atoms with E-state index in [1.165, 1.54) is 0 Å². The third-order valence-electron chi connectivity index (χ3n) is 17.4. The molecule has 0 N–H and O–H groups in total. The average Bonchev–Trinajstić information content (AvgIpc) is 1.74. The predicted octanol–water partition coefficient (Wildman–Crippen LogP) is 23.2. The van der Waals surface area contributed by atoms with Crippen molar-refractivity contribution in [1.82, 2.24) is 19.5 Å². The van der Waals surface area contributed by atoms with E-state index < -0.39 is 0 Å². The Morgan fingerprint density at radius 2 is 0.516 bits per heavy atom. The topological polar surface area (TPSA) is 50.1 Å². The fourth-order valence-corrected chi connectivity index (χ4v) is 13.1. The molecule has 0 aliphatic rings. The summed E-state index contributed by atoms with van der Waals surface area (Å²) in [6.07, 6.45) is 0. The van der Waals surface area contributed by atoms with Gasteiger partial charge < -0.3 is 14.4 Å². The summed E-state index contributed by atoms with van der Waals surface area (Å²) in [6.45, 7) is 0. The second-order valence-corrected chi connectivity index (χ2v) is 23.1. The molecule has 0 bridgehead atoms. The lowest BCUT2D eigenvalue weighted by molar-refractivity contribution is 1.18. The lowest BCUT2D eigenvalue weighted by Gasteiger charge is -2.26. The molecule has 3 heterocycles. The summed E-state index contributed by atoms with van der Waals surface area (Å²) in [5.41, 5.74) is 24.5. The Kier molecular flexibility index (Phi) is 14.9. The van der Waals surface area contributed by atoms with Crippen LogP contribution in [0.25, 0.3) is 117 Å². The van der Waals surface area contributed by atoms with Crippen LogP contribution in [0.4, 0.5) is 34.1 Å². The second-order valence-electron chi connectivity index (χ2n) is 23.1. The Morgan fingerprint density at radius 3 is 0.914 bits per heavy atom. The lowest BCUT2D eigenvalue weighted by atomic mass is 9.83. The van der Waals surface area contributed by atoms with E-state index >= 15 is 0 Å². The van der Waals surface area contributed by atoms with Crippen molar-refractivity contribution in [3.8, 4) is 95.5 Å². The highest BCUT2D eigenvalue weighted by atomic mass is 15.1. The van der Waals surface area contributed by atoms with Crippen LogP contribution in [-0.2, 0) is 0 Å². The van der Waals surface area contributed by atoms with E-state index in [4.69, 9.17) is 15.0 Å². The SMILES string of the molecule is c1ccc(-c2cc(-c3ccc(-c4c(-c5ccccc5)c(-c5ccccc5)nc(-c5ccc(-n6c7ccc(N(c8ccccc8)c8ccccc8)cc7c7cc(N(c8ccccc8)c8ccccc8)ccc76)cc5)c4-c4ccccc4)cc3)nc(-c3ccccc3)n2)cc1. The molecule has 0 radical (unpaired) electrons. The lowest BCUT2D eigenvalue weighted by Crippen LogP contribution is -2.09. The number of para-hydroxylation sites is 4. The van der Waals surface area contributed by atoms with Crippen LogP contribution >= 0.6 is 0 Å². The fourth-order valence-electron chi connectivity index (χ4n) is 13.1. The van der Waals surface area contributed by atoms with Gasteiger partial charge in [0.1, 0.15) is 0 Å². The standard InChI is InChI=1S/C87H60N6/c1-10-28-61(29-11-1)78-60-79(89-87(88-78)68-36-18-5-19-37-68)62-46-48-65(49-47-62)82-83(63-30-12-2-13-31-63)85(66-34-16-4-17-35-66)90-86(84(82)64-32-14-3-15-33-64)67-50-52-73(53-51-67)93-80-56-54-74(91(69-38-20-6-21-39-69)70-40-22-7-23-41-70)58-76(80)77-59-75(55-57-81(77)93)92(71-42-24-8-25-43-71)72-44-26-9-27-45-72/h1-60H. The average molecular weight is 1190 g/mol. The first-order valence-electron chi connectivity index (χ1n) is 31.5. The quantitative estimate of drug-likeness (QED) is 0.102. The van der Waals surface area contributed by atoms with Crippen molar-refractivity contribution < 1.29 is 0 Å². The normalized spacial score (nSPS) is 11.2. The monoisotopic (exact) mass is 1190 g/mol. The summed E-state index contributed by atoms with van der Waals surface area (Å²) < 4.78 is 2.42. The van der Waals surface area contributed by atoms with Gasteiger partial charge in [0.2, 0.25) is 0 Å². The van der Waals surface area contributed by atoms with Crippen LogP contribution in [0.2, 0.25) is 0 Å². The summed E-state index contributed by atoms with van der Waals surface area (Å²) in [7, 11) is 0. The van der Waals surface area contributed by atoms with Gasteiger partial charge in [-0.15, -0.1) is 0 Å². The first kappa shape index (κ1) is 55.8. The van der Waals surface area contributed by atoms with E-state index in [9.17, 15) is 0 Å². The van der Waals surface area contributed by atoms with Gasteiger partial charge in [-0.3, -0.25) is 0 Å². The zero-order chi connectivity index (χ0) is 61.9. The number of rotatable bonds is 15. The van der Waals surface area contributed by atoms with Gasteiger partial charge in [0.15, 0.2) is 5.82 Å². The Bertz CT molecular complexity index is 4970. The van der Waals surface area contributed by atoms with Gasteiger partial charge in [-0.25, -0.2) is 15.0 Å². The number of hydrogen-bond acceptors (Lipinski definition) is 5. The number of aromatic nitrogens is 4. The number of hydrogen-bond donors (Lipinski definition) is 0. The van der Waals surface area contributed by atoms with Gasteiger partial charge in [-0.05, 0) is 120 Å². The van der Waals surface area contributed by atoms with Crippen LogP contribution in [0, 0.1) is 0 Å². The van der Waals surface area contributed by atoms with Gasteiger partial charge in [0, 0.05) is 95.1 Å². The Hall–Kier alpha value is -12.5. The van der Waals surface area contributed by atoms with E-state index in [1.807, 2.05) is 24.3 Å². The minimum absolute atomic E-state index is 0.676. The first-order chi connectivity index (χ1) is 46.1. The van der Waals surface area contributed by atoms with Crippen LogP contribution < -0.4 is 9.80 Å². The molecule has 0 saturated heterocycles. The minimum atomic E-state index is 0.676. The predicted molar refractivity (Wildman–Crippen MR) is 387 cm³/mol. The van der Waals surface area contributed by atoms with E-state index in [0.717, 1.165) is 146 Å². The van der Waals surface area contributed by atoms with Crippen molar-refractivity contribution in [2.24, 2.45) is 0 Å². The maximum absolute atomic E-state index is 5.91. The van der Waals surface area contributed by atoms with Crippen molar-refractivity contribution in [3.05, 3.63) is 364 Å². The molecule has 0 amide bonds. The minimum Gasteiger partial charge on any atom is -0.310 e. The molecule has 0 aliphatic heterocycles. The molecule has 13 aromatic carbocycles. The van der Waals surface area contributed by atoms with Crippen LogP contribution in [-0.4, -0.2) is 19.5 Å². The summed E-state index contributed by atoms with van der Waals surface area (Å²) >= 11 is 0. The molecule has 438 valence electrons. The molecular weight excluding hydrogens is 1130 g/mol. The highest BCUT2D eigenvalue weighted by Gasteiger charge is 2.27. The number of benzene rings is 13. The van der Waals surface area contributed by atoms with Gasteiger partial charge in [0.05, 0.1) is 33.8 Å². The third-order valence-corrected chi connectivity index (χ3v) is 17.4. The van der Waals surface area contributed by atoms with Crippen LogP contribution in [0.5, 0.6) is 0 Å². The number of anilines is 6. The van der Waals surface area contributed by atoms with Crippen molar-refractivity contribution in [3.63, 3.8) is 0 Å². The molecule has 0 fully saturated rings. The van der Waals surface area contributed by atoms with Crippen LogP contribution in [0.15, 0.2) is 364 Å². The third kappa shape index (κ3) is 10.9. The largest absolute Gasteiger partial charge is 0.310 e. The van der Waals surface area contributed by atoms with Gasteiger partial charge in [-0.1, -0.05) is 261 Å². The Labute approximate surface area is 541 Å². The Balaban J connectivity index is 0.893. The molecule has 0 unspecified atom stereocenters. The van der Waals surface area contributed by atoms with Crippen LogP contribution in [0.1, 0.15) is 0 Å². The summed E-state index contributed by atoms with van der Waals surface area (Å²) in [6, 6.07) is 129. The molecule has 0 saturated carbocycles. The number of fused-ring (bicyclic) bond motifs is 3. The zero-order valence-electron chi connectivity index (χ0n) is 50.8. The highest BCUT2D eigenvalue weighted by Crippen LogP contribution is 2.50. The van der Waals surface area contributed by atoms with Crippen molar-refractivity contribution in [1.29, 1.82) is 0 Å². The number of nitrogens with zero attached hydrogens (tertiary/aromatic N) is 6. The molecule has 0 atom stereocenters. The molecular formula is C87H60N6. The molecule has 93 heavy (non-hydrogen) atoms. The molecule has 0 aliphatic carbocycles. The molecule has 0 spiro atoms. The Morgan fingerprint density at radius 1 is 0.215 bits per heavy atom. The smallest absolute Gasteiger partial charge is 0.160 e. The maximum atomic E-state index is 5.91. The zero-order valence-corrected chi connectivity index (χ0v) is 50.8. The first-order valence-corrected chi connectivity index (χ1v) is 31.5. The van der Waals surface area contributed by atoms with Crippen LogP contribution in [0.3, 0.4) is 0 Å². The van der Waals surface area contributed by atoms with E-state index in [1.54, 1.807) is 0 Å². The van der Waals surface area contributed by atoms with Gasteiger partial charge >= 0.3 is 0 Å². The maximum Gasteiger partial charge on any atom is 0.160 e. The van der Waals surface area contributed by atoms with Crippen molar-refractivity contribution in [2.45, 2.75) is 0 Å². The van der Waals surface area contributed by atoms with E-state index in [0.29, 0.717) is 5.82 Å². The molecule has 6 heteroatoms. The van der Waals surface area contributed by atoms with E-state index in [2.05, 4.69) is 354 Å². The van der Waals surface area contributed by atoms with Crippen molar-refractivity contribution in [2.75, 3.05) is 9.80 Å². The number of pyridine rings is 1. The van der Waals surface area contributed by atoms with Gasteiger partial charge in [0.25, 0.3) is 0 Å².